The Morgan fingerprint density at radius 2 is 2.32 bits per heavy atom. The minimum absolute atomic E-state index is 0.0140. The standard InChI is InChI=1S/C14H18BrClN2O/c1-9-4-5-18(11(6-9)8-17)14(19)12-3-2-10(15)7-13(12)16/h2-3,7,9,11H,4-6,8,17H2,1H3. The van der Waals surface area contributed by atoms with Gasteiger partial charge in [0.1, 0.15) is 0 Å². The van der Waals surface area contributed by atoms with E-state index in [0.717, 1.165) is 23.9 Å². The van der Waals surface area contributed by atoms with Crippen molar-refractivity contribution >= 4 is 33.4 Å². The molecule has 1 heterocycles. The number of benzene rings is 1. The van der Waals surface area contributed by atoms with Gasteiger partial charge in [0.05, 0.1) is 10.6 Å². The smallest absolute Gasteiger partial charge is 0.255 e. The molecule has 1 aromatic carbocycles. The van der Waals surface area contributed by atoms with Crippen LogP contribution >= 0.6 is 27.5 Å². The van der Waals surface area contributed by atoms with Crippen molar-refractivity contribution in [2.45, 2.75) is 25.8 Å². The van der Waals surface area contributed by atoms with Crippen LogP contribution < -0.4 is 5.73 Å². The average Bonchev–Trinajstić information content (AvgIpc) is 2.37. The number of rotatable bonds is 2. The lowest BCUT2D eigenvalue weighted by Crippen LogP contribution is -2.49. The van der Waals surface area contributed by atoms with Gasteiger partial charge in [-0.2, -0.15) is 0 Å². The van der Waals surface area contributed by atoms with E-state index in [4.69, 9.17) is 17.3 Å². The molecule has 1 aromatic rings. The van der Waals surface area contributed by atoms with Crippen molar-refractivity contribution in [3.63, 3.8) is 0 Å². The highest BCUT2D eigenvalue weighted by Crippen LogP contribution is 2.27. The highest BCUT2D eigenvalue weighted by Gasteiger charge is 2.30. The molecule has 3 nitrogen and oxygen atoms in total. The number of carbonyl (C=O) groups is 1. The molecule has 2 N–H and O–H groups in total. The van der Waals surface area contributed by atoms with E-state index >= 15 is 0 Å². The van der Waals surface area contributed by atoms with Gasteiger partial charge < -0.3 is 10.6 Å². The maximum absolute atomic E-state index is 12.6. The van der Waals surface area contributed by atoms with E-state index in [1.807, 2.05) is 11.0 Å². The largest absolute Gasteiger partial charge is 0.334 e. The molecule has 5 heteroatoms. The quantitative estimate of drug-likeness (QED) is 0.894. The van der Waals surface area contributed by atoms with Gasteiger partial charge in [-0.15, -0.1) is 0 Å². The molecule has 2 rings (SSSR count). The lowest BCUT2D eigenvalue weighted by atomic mass is 9.92. The number of nitrogens with zero attached hydrogens (tertiary/aromatic N) is 1. The maximum Gasteiger partial charge on any atom is 0.255 e. The van der Waals surface area contributed by atoms with Crippen molar-refractivity contribution < 1.29 is 4.79 Å². The Morgan fingerprint density at radius 1 is 1.58 bits per heavy atom. The third-order valence-corrected chi connectivity index (χ3v) is 4.48. The Hall–Kier alpha value is -0.580. The first kappa shape index (κ1) is 14.8. The van der Waals surface area contributed by atoms with Gasteiger partial charge in [-0.25, -0.2) is 0 Å². The zero-order chi connectivity index (χ0) is 14.0. The number of hydrogen-bond acceptors (Lipinski definition) is 2. The summed E-state index contributed by atoms with van der Waals surface area (Å²) in [5, 5.41) is 0.480. The minimum atomic E-state index is -0.0140. The number of carbonyl (C=O) groups excluding carboxylic acids is 1. The predicted molar refractivity (Wildman–Crippen MR) is 81.4 cm³/mol. The topological polar surface area (TPSA) is 46.3 Å². The molecule has 0 saturated carbocycles. The van der Waals surface area contributed by atoms with Crippen LogP contribution in [0.5, 0.6) is 0 Å². The molecular formula is C14H18BrClN2O. The van der Waals surface area contributed by atoms with E-state index < -0.39 is 0 Å². The molecular weight excluding hydrogens is 328 g/mol. The second-order valence-electron chi connectivity index (χ2n) is 5.14. The monoisotopic (exact) mass is 344 g/mol. The number of hydrogen-bond donors (Lipinski definition) is 1. The van der Waals surface area contributed by atoms with Crippen LogP contribution in [0.15, 0.2) is 22.7 Å². The summed E-state index contributed by atoms with van der Waals surface area (Å²) in [5.41, 5.74) is 6.35. The number of likely N-dealkylation sites (tertiary alicyclic amines) is 1. The fourth-order valence-corrected chi connectivity index (χ4v) is 3.31. The summed E-state index contributed by atoms with van der Waals surface area (Å²) in [6.07, 6.45) is 1.99. The fraction of sp³-hybridized carbons (Fsp3) is 0.500. The van der Waals surface area contributed by atoms with Crippen molar-refractivity contribution in [1.29, 1.82) is 0 Å². The molecule has 1 aliphatic heterocycles. The molecule has 1 aliphatic rings. The van der Waals surface area contributed by atoms with Crippen LogP contribution in [0.3, 0.4) is 0 Å². The van der Waals surface area contributed by atoms with E-state index in [2.05, 4.69) is 22.9 Å². The second-order valence-corrected chi connectivity index (χ2v) is 6.46. The first-order valence-corrected chi connectivity index (χ1v) is 7.66. The Bertz CT molecular complexity index is 481. The fourth-order valence-electron chi connectivity index (χ4n) is 2.56. The Kier molecular flexibility index (Phi) is 4.87. The molecule has 0 aliphatic carbocycles. The van der Waals surface area contributed by atoms with Crippen LogP contribution in [-0.4, -0.2) is 29.9 Å². The summed E-state index contributed by atoms with van der Waals surface area (Å²) in [4.78, 5) is 14.4. The predicted octanol–water partition coefficient (Wildman–Crippen LogP) is 3.30. The van der Waals surface area contributed by atoms with Crippen LogP contribution in [0.1, 0.15) is 30.1 Å². The Morgan fingerprint density at radius 3 is 2.95 bits per heavy atom. The van der Waals surface area contributed by atoms with Gasteiger partial charge in [0.25, 0.3) is 5.91 Å². The highest BCUT2D eigenvalue weighted by atomic mass is 79.9. The lowest BCUT2D eigenvalue weighted by Gasteiger charge is -2.38. The highest BCUT2D eigenvalue weighted by molar-refractivity contribution is 9.10. The van der Waals surface area contributed by atoms with Gasteiger partial charge in [0.15, 0.2) is 0 Å². The molecule has 104 valence electrons. The van der Waals surface area contributed by atoms with Crippen LogP contribution in [-0.2, 0) is 0 Å². The van der Waals surface area contributed by atoms with E-state index in [-0.39, 0.29) is 11.9 Å². The van der Waals surface area contributed by atoms with Gasteiger partial charge in [0.2, 0.25) is 0 Å². The molecule has 1 fully saturated rings. The zero-order valence-electron chi connectivity index (χ0n) is 10.9. The van der Waals surface area contributed by atoms with E-state index in [1.54, 1.807) is 12.1 Å². The molecule has 19 heavy (non-hydrogen) atoms. The van der Waals surface area contributed by atoms with Crippen molar-refractivity contribution in [3.8, 4) is 0 Å². The first-order valence-electron chi connectivity index (χ1n) is 6.49. The molecule has 2 atom stereocenters. The van der Waals surface area contributed by atoms with Gasteiger partial charge in [-0.3, -0.25) is 4.79 Å². The van der Waals surface area contributed by atoms with Gasteiger partial charge in [0, 0.05) is 23.6 Å². The minimum Gasteiger partial charge on any atom is -0.334 e. The summed E-state index contributed by atoms with van der Waals surface area (Å²) in [6.45, 7) is 3.47. The summed E-state index contributed by atoms with van der Waals surface area (Å²) < 4.78 is 0.872. The molecule has 0 spiro atoms. The summed E-state index contributed by atoms with van der Waals surface area (Å²) >= 11 is 9.50. The molecule has 0 radical (unpaired) electrons. The summed E-state index contributed by atoms with van der Waals surface area (Å²) in [6, 6.07) is 5.47. The van der Waals surface area contributed by atoms with Crippen LogP contribution in [0.25, 0.3) is 0 Å². The van der Waals surface area contributed by atoms with Crippen LogP contribution in [0.2, 0.25) is 5.02 Å². The maximum atomic E-state index is 12.6. The normalized spacial score (nSPS) is 23.5. The molecule has 0 bridgehead atoms. The van der Waals surface area contributed by atoms with Crippen LogP contribution in [0.4, 0.5) is 0 Å². The zero-order valence-corrected chi connectivity index (χ0v) is 13.2. The van der Waals surface area contributed by atoms with Gasteiger partial charge in [-0.05, 0) is 37.0 Å². The van der Waals surface area contributed by atoms with E-state index in [0.29, 0.717) is 23.0 Å². The second kappa shape index (κ2) is 6.25. The molecule has 1 amide bonds. The van der Waals surface area contributed by atoms with Crippen LogP contribution in [0, 0.1) is 5.92 Å². The average molecular weight is 346 g/mol. The van der Waals surface area contributed by atoms with Crippen molar-refractivity contribution in [3.05, 3.63) is 33.3 Å². The first-order chi connectivity index (χ1) is 9.02. The summed E-state index contributed by atoms with van der Waals surface area (Å²) in [5.74, 6) is 0.609. The number of halogens is 2. The van der Waals surface area contributed by atoms with Crippen molar-refractivity contribution in [1.82, 2.24) is 4.90 Å². The lowest BCUT2D eigenvalue weighted by molar-refractivity contribution is 0.0574. The van der Waals surface area contributed by atoms with E-state index in [1.165, 1.54) is 0 Å². The van der Waals surface area contributed by atoms with Gasteiger partial charge in [-0.1, -0.05) is 34.5 Å². The molecule has 2 unspecified atom stereocenters. The SMILES string of the molecule is CC1CCN(C(=O)c2ccc(Br)cc2Cl)C(CN)C1. The number of amides is 1. The Balaban J connectivity index is 2.22. The molecule has 1 saturated heterocycles. The number of piperidine rings is 1. The molecule has 0 aromatic heterocycles. The Labute approximate surface area is 127 Å². The number of nitrogens with two attached hydrogens (primary N) is 1. The van der Waals surface area contributed by atoms with Crippen molar-refractivity contribution in [2.24, 2.45) is 11.7 Å². The van der Waals surface area contributed by atoms with E-state index in [9.17, 15) is 4.79 Å². The van der Waals surface area contributed by atoms with Gasteiger partial charge >= 0.3 is 0 Å². The summed E-state index contributed by atoms with van der Waals surface area (Å²) in [7, 11) is 0. The third-order valence-electron chi connectivity index (χ3n) is 3.67. The van der Waals surface area contributed by atoms with Crippen molar-refractivity contribution in [2.75, 3.05) is 13.1 Å². The third kappa shape index (κ3) is 3.30.